The van der Waals surface area contributed by atoms with Crippen LogP contribution in [0.5, 0.6) is 0 Å². The van der Waals surface area contributed by atoms with Crippen molar-refractivity contribution in [3.8, 4) is 11.4 Å². The van der Waals surface area contributed by atoms with Crippen LogP contribution in [0.3, 0.4) is 0 Å². The molecule has 0 saturated carbocycles. The van der Waals surface area contributed by atoms with Gasteiger partial charge in [0, 0.05) is 16.7 Å². The van der Waals surface area contributed by atoms with Crippen molar-refractivity contribution in [1.82, 2.24) is 20.2 Å². The number of tetrazole rings is 1. The molecule has 2 aromatic carbocycles. The number of anilines is 1. The van der Waals surface area contributed by atoms with Crippen molar-refractivity contribution in [2.45, 2.75) is 0 Å². The summed E-state index contributed by atoms with van der Waals surface area (Å²) in [6, 6.07) is 16.3. The highest BCUT2D eigenvalue weighted by Crippen LogP contribution is 2.24. The number of benzene rings is 2. The third-order valence-corrected chi connectivity index (χ3v) is 4.20. The maximum Gasteiger partial charge on any atom is 0.274 e. The van der Waals surface area contributed by atoms with Gasteiger partial charge in [0.15, 0.2) is 5.82 Å². The molecule has 0 spiro atoms. The minimum Gasteiger partial charge on any atom is -0.465 e. The number of halogens is 2. The van der Waals surface area contributed by atoms with Crippen molar-refractivity contribution in [3.05, 3.63) is 83.5 Å². The fraction of sp³-hybridized carbons (Fsp3) is 0. The van der Waals surface area contributed by atoms with Gasteiger partial charge in [-0.1, -0.05) is 41.9 Å². The Kier molecular flexibility index (Phi) is 5.17. The summed E-state index contributed by atoms with van der Waals surface area (Å²) in [5.74, 6) is -0.534. The van der Waals surface area contributed by atoms with Gasteiger partial charge in [-0.2, -0.15) is 4.68 Å². The third-order valence-electron chi connectivity index (χ3n) is 3.96. The first-order chi connectivity index (χ1) is 14.1. The zero-order valence-corrected chi connectivity index (χ0v) is 15.5. The van der Waals surface area contributed by atoms with E-state index in [1.54, 1.807) is 24.3 Å². The van der Waals surface area contributed by atoms with E-state index in [1.807, 2.05) is 18.2 Å². The maximum atomic E-state index is 14.1. The van der Waals surface area contributed by atoms with E-state index in [9.17, 15) is 9.18 Å². The third kappa shape index (κ3) is 4.07. The number of nitrogens with zero attached hydrogens (tertiary/aromatic N) is 4. The van der Waals surface area contributed by atoms with Crippen LogP contribution in [0.4, 0.5) is 10.1 Å². The van der Waals surface area contributed by atoms with Crippen molar-refractivity contribution in [3.63, 3.8) is 0 Å². The number of furan rings is 1. The first-order valence-electron chi connectivity index (χ1n) is 8.47. The van der Waals surface area contributed by atoms with Crippen LogP contribution in [0.25, 0.3) is 23.2 Å². The maximum absolute atomic E-state index is 14.1. The highest BCUT2D eigenvalue weighted by atomic mass is 35.5. The number of amides is 1. The average molecular weight is 410 g/mol. The van der Waals surface area contributed by atoms with E-state index >= 15 is 0 Å². The molecule has 2 aromatic heterocycles. The predicted molar refractivity (Wildman–Crippen MR) is 106 cm³/mol. The molecule has 0 aliphatic rings. The van der Waals surface area contributed by atoms with E-state index in [2.05, 4.69) is 20.8 Å². The van der Waals surface area contributed by atoms with Crippen LogP contribution in [-0.2, 0) is 4.79 Å². The van der Waals surface area contributed by atoms with Crippen molar-refractivity contribution in [2.75, 3.05) is 5.32 Å². The van der Waals surface area contributed by atoms with Gasteiger partial charge < -0.3 is 9.73 Å². The van der Waals surface area contributed by atoms with Gasteiger partial charge in [-0.05, 0) is 40.8 Å². The normalized spacial score (nSPS) is 11.4. The number of carbonyl (C=O) groups excluding carboxylic acids is 1. The zero-order valence-electron chi connectivity index (χ0n) is 14.8. The van der Waals surface area contributed by atoms with Crippen LogP contribution >= 0.6 is 11.6 Å². The highest BCUT2D eigenvalue weighted by Gasteiger charge is 2.21. The second-order valence-corrected chi connectivity index (χ2v) is 6.34. The molecule has 29 heavy (non-hydrogen) atoms. The molecule has 7 nitrogen and oxygen atoms in total. The molecule has 2 heterocycles. The zero-order chi connectivity index (χ0) is 20.2. The molecule has 0 saturated heterocycles. The van der Waals surface area contributed by atoms with Gasteiger partial charge in [-0.25, -0.2) is 4.39 Å². The molecular formula is C20H13ClFN5O2. The van der Waals surface area contributed by atoms with Gasteiger partial charge in [-0.15, -0.1) is 5.10 Å². The molecule has 1 N–H and O–H groups in total. The van der Waals surface area contributed by atoms with Crippen molar-refractivity contribution >= 4 is 35.0 Å². The van der Waals surface area contributed by atoms with E-state index in [4.69, 9.17) is 16.0 Å². The standard InChI is InChI=1S/C20H13ClFN5O2/c21-14-8-9-16(22)17(11-14)23-20(28)18(12-15-7-4-10-29-15)27-19(24-25-26-27)13-5-2-1-3-6-13/h1-12H,(H,23,28). The van der Waals surface area contributed by atoms with Crippen LogP contribution in [0, 0.1) is 5.82 Å². The number of rotatable bonds is 5. The first-order valence-corrected chi connectivity index (χ1v) is 8.85. The molecule has 0 aliphatic heterocycles. The van der Waals surface area contributed by atoms with Gasteiger partial charge in [0.05, 0.1) is 12.0 Å². The fourth-order valence-electron chi connectivity index (χ4n) is 2.63. The summed E-state index contributed by atoms with van der Waals surface area (Å²) in [6.45, 7) is 0. The second-order valence-electron chi connectivity index (χ2n) is 5.90. The topological polar surface area (TPSA) is 85.8 Å². The Morgan fingerprint density at radius 3 is 2.72 bits per heavy atom. The van der Waals surface area contributed by atoms with Crippen LogP contribution < -0.4 is 5.32 Å². The lowest BCUT2D eigenvalue weighted by Gasteiger charge is -2.11. The molecule has 0 radical (unpaired) electrons. The van der Waals surface area contributed by atoms with Crippen LogP contribution in [0.2, 0.25) is 5.02 Å². The van der Waals surface area contributed by atoms with Gasteiger partial charge in [0.25, 0.3) is 5.91 Å². The summed E-state index contributed by atoms with van der Waals surface area (Å²) in [5, 5.41) is 14.4. The summed E-state index contributed by atoms with van der Waals surface area (Å²) >= 11 is 5.91. The van der Waals surface area contributed by atoms with E-state index < -0.39 is 11.7 Å². The van der Waals surface area contributed by atoms with Crippen molar-refractivity contribution in [2.24, 2.45) is 0 Å². The summed E-state index contributed by atoms with van der Waals surface area (Å²) in [4.78, 5) is 13.0. The number of aromatic nitrogens is 4. The van der Waals surface area contributed by atoms with E-state index in [1.165, 1.54) is 35.2 Å². The number of hydrogen-bond acceptors (Lipinski definition) is 5. The largest absolute Gasteiger partial charge is 0.465 e. The Hall–Kier alpha value is -3.78. The number of carbonyl (C=O) groups is 1. The van der Waals surface area contributed by atoms with Crippen LogP contribution in [0.15, 0.2) is 71.3 Å². The molecule has 1 amide bonds. The first kappa shape index (κ1) is 18.6. The summed E-state index contributed by atoms with van der Waals surface area (Å²) in [5.41, 5.74) is 0.662. The highest BCUT2D eigenvalue weighted by molar-refractivity contribution is 6.31. The molecule has 9 heteroatoms. The smallest absolute Gasteiger partial charge is 0.274 e. The minimum absolute atomic E-state index is 0.0307. The van der Waals surface area contributed by atoms with Crippen molar-refractivity contribution in [1.29, 1.82) is 0 Å². The lowest BCUT2D eigenvalue weighted by atomic mass is 10.2. The van der Waals surface area contributed by atoms with Gasteiger partial charge >= 0.3 is 0 Å². The molecule has 4 aromatic rings. The number of hydrogen-bond donors (Lipinski definition) is 1. The molecule has 0 unspecified atom stereocenters. The Labute approximate surface area is 169 Å². The molecule has 0 aliphatic carbocycles. The SMILES string of the molecule is O=C(Nc1cc(Cl)ccc1F)C(=Cc1ccco1)n1nnnc1-c1ccccc1. The summed E-state index contributed by atoms with van der Waals surface area (Å²) in [7, 11) is 0. The molecule has 0 fully saturated rings. The lowest BCUT2D eigenvalue weighted by molar-refractivity contribution is -0.111. The number of nitrogens with one attached hydrogen (secondary N) is 1. The van der Waals surface area contributed by atoms with Gasteiger partial charge in [-0.3, -0.25) is 4.79 Å². The molecular weight excluding hydrogens is 397 g/mol. The van der Waals surface area contributed by atoms with E-state index in [-0.39, 0.29) is 16.4 Å². The second kappa shape index (κ2) is 8.07. The van der Waals surface area contributed by atoms with E-state index in [0.29, 0.717) is 17.1 Å². The molecule has 144 valence electrons. The summed E-state index contributed by atoms with van der Waals surface area (Å²) in [6.07, 6.45) is 2.93. The Morgan fingerprint density at radius 1 is 1.14 bits per heavy atom. The Balaban J connectivity index is 1.77. The van der Waals surface area contributed by atoms with Crippen LogP contribution in [0.1, 0.15) is 5.76 Å². The van der Waals surface area contributed by atoms with Crippen molar-refractivity contribution < 1.29 is 13.6 Å². The van der Waals surface area contributed by atoms with Crippen LogP contribution in [-0.4, -0.2) is 26.1 Å². The van der Waals surface area contributed by atoms with Gasteiger partial charge in [0.2, 0.25) is 0 Å². The molecule has 0 atom stereocenters. The lowest BCUT2D eigenvalue weighted by Crippen LogP contribution is -2.20. The molecule has 0 bridgehead atoms. The quantitative estimate of drug-likeness (QED) is 0.495. The summed E-state index contributed by atoms with van der Waals surface area (Å²) < 4.78 is 20.7. The van der Waals surface area contributed by atoms with E-state index in [0.717, 1.165) is 0 Å². The van der Waals surface area contributed by atoms with Gasteiger partial charge in [0.1, 0.15) is 17.3 Å². The minimum atomic E-state index is -0.646. The average Bonchev–Trinajstić information content (AvgIpc) is 3.41. The Morgan fingerprint density at radius 2 is 1.97 bits per heavy atom. The molecule has 4 rings (SSSR count). The monoisotopic (exact) mass is 409 g/mol. The fourth-order valence-corrected chi connectivity index (χ4v) is 2.80. The Bertz CT molecular complexity index is 1170. The predicted octanol–water partition coefficient (Wildman–Crippen LogP) is 4.36.